The van der Waals surface area contributed by atoms with Crippen molar-refractivity contribution in [3.05, 3.63) is 23.9 Å². The third-order valence-electron chi connectivity index (χ3n) is 4.81. The number of aliphatic imine (C=N–C) groups is 1. The molecule has 1 amide bonds. The highest BCUT2D eigenvalue weighted by Gasteiger charge is 2.30. The standard InChI is InChI=1S/C19H29N5O3/c1-3-20-19(21-14-15-6-4-8-17(22-15)26-2)24-11-9-23(10-12-24)18(25)16-7-5-13-27-16/h4,6,8,16H,3,5,7,9-14H2,1-2H3,(H,20,21). The molecule has 2 aliphatic heterocycles. The molecule has 3 rings (SSSR count). The van der Waals surface area contributed by atoms with Crippen LogP contribution in [0.4, 0.5) is 0 Å². The molecule has 2 fully saturated rings. The molecular formula is C19H29N5O3. The number of nitrogens with one attached hydrogen (secondary N) is 1. The smallest absolute Gasteiger partial charge is 0.251 e. The molecule has 1 unspecified atom stereocenters. The maximum absolute atomic E-state index is 12.5. The zero-order valence-electron chi connectivity index (χ0n) is 16.2. The number of rotatable bonds is 5. The van der Waals surface area contributed by atoms with Crippen LogP contribution in [-0.4, -0.2) is 79.2 Å². The fourth-order valence-corrected chi connectivity index (χ4v) is 3.36. The van der Waals surface area contributed by atoms with E-state index in [1.54, 1.807) is 7.11 Å². The van der Waals surface area contributed by atoms with E-state index in [1.807, 2.05) is 23.1 Å². The van der Waals surface area contributed by atoms with Gasteiger partial charge in [-0.15, -0.1) is 0 Å². The minimum atomic E-state index is -0.238. The van der Waals surface area contributed by atoms with Gasteiger partial charge in [0, 0.05) is 45.4 Å². The topological polar surface area (TPSA) is 79.3 Å². The third-order valence-corrected chi connectivity index (χ3v) is 4.81. The molecule has 3 heterocycles. The number of piperazine rings is 1. The summed E-state index contributed by atoms with van der Waals surface area (Å²) in [4.78, 5) is 25.7. The summed E-state index contributed by atoms with van der Waals surface area (Å²) in [5.41, 5.74) is 0.858. The van der Waals surface area contributed by atoms with E-state index in [0.29, 0.717) is 32.1 Å². The van der Waals surface area contributed by atoms with Gasteiger partial charge in [-0.05, 0) is 25.8 Å². The van der Waals surface area contributed by atoms with Gasteiger partial charge in [0.15, 0.2) is 5.96 Å². The van der Waals surface area contributed by atoms with Crippen LogP contribution in [0.3, 0.4) is 0 Å². The summed E-state index contributed by atoms with van der Waals surface area (Å²) in [6, 6.07) is 5.68. The molecule has 148 valence electrons. The van der Waals surface area contributed by atoms with Gasteiger partial charge in [-0.3, -0.25) is 4.79 Å². The molecule has 2 saturated heterocycles. The Morgan fingerprint density at radius 3 is 2.78 bits per heavy atom. The quantitative estimate of drug-likeness (QED) is 0.608. The lowest BCUT2D eigenvalue weighted by molar-refractivity contribution is -0.142. The zero-order valence-corrected chi connectivity index (χ0v) is 16.2. The van der Waals surface area contributed by atoms with Crippen LogP contribution >= 0.6 is 0 Å². The Morgan fingerprint density at radius 1 is 1.33 bits per heavy atom. The van der Waals surface area contributed by atoms with E-state index < -0.39 is 0 Å². The van der Waals surface area contributed by atoms with Crippen LogP contribution in [0, 0.1) is 0 Å². The lowest BCUT2D eigenvalue weighted by Crippen LogP contribution is -2.55. The van der Waals surface area contributed by atoms with E-state index in [4.69, 9.17) is 14.5 Å². The Labute approximate surface area is 160 Å². The second-order valence-electron chi connectivity index (χ2n) is 6.66. The highest BCUT2D eigenvalue weighted by Crippen LogP contribution is 2.16. The molecule has 1 aromatic rings. The van der Waals surface area contributed by atoms with E-state index in [2.05, 4.69) is 22.1 Å². The van der Waals surface area contributed by atoms with Gasteiger partial charge in [-0.2, -0.15) is 0 Å². The number of hydrogen-bond donors (Lipinski definition) is 1. The predicted molar refractivity (Wildman–Crippen MR) is 103 cm³/mol. The molecule has 0 aromatic carbocycles. The van der Waals surface area contributed by atoms with Gasteiger partial charge in [0.2, 0.25) is 5.88 Å². The molecule has 0 saturated carbocycles. The summed E-state index contributed by atoms with van der Waals surface area (Å²) in [6.07, 6.45) is 1.58. The van der Waals surface area contributed by atoms with Gasteiger partial charge in [-0.25, -0.2) is 9.98 Å². The number of guanidine groups is 1. The van der Waals surface area contributed by atoms with Crippen molar-refractivity contribution in [3.8, 4) is 5.88 Å². The second-order valence-corrected chi connectivity index (χ2v) is 6.66. The first-order valence-electron chi connectivity index (χ1n) is 9.65. The Kier molecular flexibility index (Phi) is 6.86. The molecule has 1 aromatic heterocycles. The molecule has 0 aliphatic carbocycles. The SMILES string of the molecule is CCNC(=NCc1cccc(OC)n1)N1CCN(C(=O)C2CCCO2)CC1. The Balaban J connectivity index is 1.57. The highest BCUT2D eigenvalue weighted by atomic mass is 16.5. The molecule has 0 bridgehead atoms. The van der Waals surface area contributed by atoms with Crippen molar-refractivity contribution in [1.82, 2.24) is 20.1 Å². The van der Waals surface area contributed by atoms with Gasteiger partial charge >= 0.3 is 0 Å². The lowest BCUT2D eigenvalue weighted by Gasteiger charge is -2.37. The van der Waals surface area contributed by atoms with Crippen molar-refractivity contribution >= 4 is 11.9 Å². The van der Waals surface area contributed by atoms with Crippen LogP contribution in [0.1, 0.15) is 25.5 Å². The fourth-order valence-electron chi connectivity index (χ4n) is 3.36. The van der Waals surface area contributed by atoms with Gasteiger partial charge in [0.1, 0.15) is 6.10 Å². The van der Waals surface area contributed by atoms with Gasteiger partial charge in [-0.1, -0.05) is 6.07 Å². The number of pyridine rings is 1. The first kappa shape index (κ1) is 19.4. The van der Waals surface area contributed by atoms with Crippen molar-refractivity contribution in [2.75, 3.05) is 46.4 Å². The van der Waals surface area contributed by atoms with Gasteiger partial charge in [0.05, 0.1) is 19.3 Å². The molecule has 8 nitrogen and oxygen atoms in total. The number of methoxy groups -OCH3 is 1. The second kappa shape index (κ2) is 9.55. The van der Waals surface area contributed by atoms with E-state index in [-0.39, 0.29) is 12.0 Å². The number of nitrogens with zero attached hydrogens (tertiary/aromatic N) is 4. The minimum Gasteiger partial charge on any atom is -0.481 e. The fraction of sp³-hybridized carbons (Fsp3) is 0.632. The number of carbonyl (C=O) groups excluding carboxylic acids is 1. The number of carbonyl (C=O) groups is 1. The van der Waals surface area contributed by atoms with Crippen LogP contribution in [0.25, 0.3) is 0 Å². The highest BCUT2D eigenvalue weighted by molar-refractivity contribution is 5.82. The predicted octanol–water partition coefficient (Wildman–Crippen LogP) is 0.879. The largest absolute Gasteiger partial charge is 0.481 e. The lowest BCUT2D eigenvalue weighted by atomic mass is 10.2. The number of aromatic nitrogens is 1. The Hall–Kier alpha value is -2.35. The van der Waals surface area contributed by atoms with Crippen molar-refractivity contribution in [2.45, 2.75) is 32.4 Å². The molecule has 1 N–H and O–H groups in total. The van der Waals surface area contributed by atoms with Crippen molar-refractivity contribution in [3.63, 3.8) is 0 Å². The molecule has 2 aliphatic rings. The van der Waals surface area contributed by atoms with Crippen LogP contribution in [-0.2, 0) is 16.1 Å². The summed E-state index contributed by atoms with van der Waals surface area (Å²) in [5.74, 6) is 1.58. The summed E-state index contributed by atoms with van der Waals surface area (Å²) in [6.45, 7) is 6.93. The maximum Gasteiger partial charge on any atom is 0.251 e. The summed E-state index contributed by atoms with van der Waals surface area (Å²) >= 11 is 0. The summed E-state index contributed by atoms with van der Waals surface area (Å²) in [5, 5.41) is 3.34. The third kappa shape index (κ3) is 5.09. The average molecular weight is 375 g/mol. The number of hydrogen-bond acceptors (Lipinski definition) is 5. The molecular weight excluding hydrogens is 346 g/mol. The van der Waals surface area contributed by atoms with Crippen molar-refractivity contribution in [2.24, 2.45) is 4.99 Å². The average Bonchev–Trinajstić information content (AvgIpc) is 3.26. The number of amides is 1. The van der Waals surface area contributed by atoms with Crippen LogP contribution < -0.4 is 10.1 Å². The minimum absolute atomic E-state index is 0.134. The van der Waals surface area contributed by atoms with Crippen LogP contribution in [0.15, 0.2) is 23.2 Å². The van der Waals surface area contributed by atoms with E-state index in [9.17, 15) is 4.79 Å². The van der Waals surface area contributed by atoms with E-state index >= 15 is 0 Å². The molecule has 1 atom stereocenters. The Bertz CT molecular complexity index is 653. The van der Waals surface area contributed by atoms with Crippen molar-refractivity contribution in [1.29, 1.82) is 0 Å². The molecule has 8 heteroatoms. The molecule has 0 spiro atoms. The van der Waals surface area contributed by atoms with Crippen LogP contribution in [0.2, 0.25) is 0 Å². The Morgan fingerprint density at radius 2 is 2.11 bits per heavy atom. The van der Waals surface area contributed by atoms with E-state index in [0.717, 1.165) is 44.1 Å². The van der Waals surface area contributed by atoms with Crippen LogP contribution in [0.5, 0.6) is 5.88 Å². The van der Waals surface area contributed by atoms with Gasteiger partial charge in [0.25, 0.3) is 5.91 Å². The number of ether oxygens (including phenoxy) is 2. The molecule has 0 radical (unpaired) electrons. The van der Waals surface area contributed by atoms with Gasteiger partial charge < -0.3 is 24.6 Å². The summed E-state index contributed by atoms with van der Waals surface area (Å²) < 4.78 is 10.7. The zero-order chi connectivity index (χ0) is 19.1. The molecule has 27 heavy (non-hydrogen) atoms. The first-order chi connectivity index (χ1) is 13.2. The first-order valence-corrected chi connectivity index (χ1v) is 9.65. The van der Waals surface area contributed by atoms with E-state index in [1.165, 1.54) is 0 Å². The van der Waals surface area contributed by atoms with Crippen molar-refractivity contribution < 1.29 is 14.3 Å². The normalized spacial score (nSPS) is 20.7. The summed E-state index contributed by atoms with van der Waals surface area (Å²) in [7, 11) is 1.61. The monoisotopic (exact) mass is 375 g/mol. The maximum atomic E-state index is 12.5.